The predicted molar refractivity (Wildman–Crippen MR) is 113 cm³/mol. The number of nitrogens with two attached hydrogens (primary N) is 1. The number of pyridine rings is 1. The number of anilines is 1. The van der Waals surface area contributed by atoms with Crippen LogP contribution in [0.5, 0.6) is 5.75 Å². The number of aromatic amines is 2. The summed E-state index contributed by atoms with van der Waals surface area (Å²) in [6.07, 6.45) is 0. The van der Waals surface area contributed by atoms with Gasteiger partial charge in [-0.2, -0.15) is 0 Å². The van der Waals surface area contributed by atoms with Gasteiger partial charge < -0.3 is 20.4 Å². The highest BCUT2D eigenvalue weighted by Crippen LogP contribution is 2.24. The minimum Gasteiger partial charge on any atom is -0.489 e. The summed E-state index contributed by atoms with van der Waals surface area (Å²) in [7, 11) is 0. The second-order valence-corrected chi connectivity index (χ2v) is 6.89. The number of carbonyl (C=O) groups is 1. The fourth-order valence-electron chi connectivity index (χ4n) is 3.36. The molecule has 0 saturated carbocycles. The molecule has 4 N–H and O–H groups in total. The summed E-state index contributed by atoms with van der Waals surface area (Å²) in [4.78, 5) is 23.4. The SMILES string of the molecule is Nc1ccc2[nH]c(C(=O)c3cc4cc(OCc5ccccc5)ccc4[nH]3)cc2n1. The molecule has 6 heteroatoms. The first-order valence-electron chi connectivity index (χ1n) is 9.25. The number of carbonyl (C=O) groups excluding carboxylic acids is 1. The van der Waals surface area contributed by atoms with E-state index in [9.17, 15) is 4.79 Å². The predicted octanol–water partition coefficient (Wildman–Crippen LogP) is 4.44. The molecule has 29 heavy (non-hydrogen) atoms. The van der Waals surface area contributed by atoms with Crippen molar-refractivity contribution in [2.45, 2.75) is 6.61 Å². The Morgan fingerprint density at radius 3 is 2.52 bits per heavy atom. The lowest BCUT2D eigenvalue weighted by molar-refractivity contribution is 0.103. The first-order chi connectivity index (χ1) is 14.2. The number of nitrogens with one attached hydrogen (secondary N) is 2. The van der Waals surface area contributed by atoms with Crippen molar-refractivity contribution in [1.29, 1.82) is 0 Å². The highest BCUT2D eigenvalue weighted by molar-refractivity contribution is 6.10. The van der Waals surface area contributed by atoms with E-state index in [1.165, 1.54) is 0 Å². The number of hydrogen-bond acceptors (Lipinski definition) is 4. The number of nitrogen functional groups attached to an aromatic ring is 1. The Hall–Kier alpha value is -4.06. The number of hydrogen-bond donors (Lipinski definition) is 3. The number of fused-ring (bicyclic) bond motifs is 2. The van der Waals surface area contributed by atoms with E-state index in [4.69, 9.17) is 10.5 Å². The molecule has 3 aromatic heterocycles. The van der Waals surface area contributed by atoms with Gasteiger partial charge in [-0.15, -0.1) is 0 Å². The first-order valence-corrected chi connectivity index (χ1v) is 9.25. The molecular weight excluding hydrogens is 364 g/mol. The zero-order valence-corrected chi connectivity index (χ0v) is 15.5. The summed E-state index contributed by atoms with van der Waals surface area (Å²) in [5.74, 6) is 1.04. The van der Waals surface area contributed by atoms with Gasteiger partial charge >= 0.3 is 0 Å². The Labute approximate surface area is 166 Å². The van der Waals surface area contributed by atoms with E-state index in [0.29, 0.717) is 29.3 Å². The zero-order valence-electron chi connectivity index (χ0n) is 15.5. The average molecular weight is 382 g/mol. The standard InChI is InChI=1S/C23H18N4O2/c24-22-9-8-18-19(27-22)12-21(26-18)23(28)20-11-15-10-16(6-7-17(15)25-20)29-13-14-4-2-1-3-5-14/h1-12,25-26H,13H2,(H2,24,27). The molecule has 0 radical (unpaired) electrons. The van der Waals surface area contributed by atoms with Crippen LogP contribution in [-0.2, 0) is 6.61 Å². The maximum atomic E-state index is 12.9. The average Bonchev–Trinajstić information content (AvgIpc) is 3.35. The number of ether oxygens (including phenoxy) is 1. The van der Waals surface area contributed by atoms with E-state index in [0.717, 1.165) is 27.7 Å². The molecule has 0 saturated heterocycles. The van der Waals surface area contributed by atoms with Crippen molar-refractivity contribution in [3.05, 3.63) is 89.7 Å². The fourth-order valence-corrected chi connectivity index (χ4v) is 3.36. The Kier molecular flexibility index (Phi) is 4.02. The van der Waals surface area contributed by atoms with Crippen LogP contribution in [0.25, 0.3) is 21.9 Å². The zero-order chi connectivity index (χ0) is 19.8. The molecule has 0 atom stereocenters. The van der Waals surface area contributed by atoms with Gasteiger partial charge in [-0.25, -0.2) is 4.98 Å². The molecule has 142 valence electrons. The van der Waals surface area contributed by atoms with Gasteiger partial charge in [0, 0.05) is 10.9 Å². The Morgan fingerprint density at radius 1 is 0.897 bits per heavy atom. The summed E-state index contributed by atoms with van der Waals surface area (Å²) < 4.78 is 5.88. The van der Waals surface area contributed by atoms with Crippen LogP contribution in [0.15, 0.2) is 72.8 Å². The second kappa shape index (κ2) is 6.83. The van der Waals surface area contributed by atoms with Gasteiger partial charge in [-0.1, -0.05) is 30.3 Å². The summed E-state index contributed by atoms with van der Waals surface area (Å²) in [5, 5.41) is 0.914. The summed E-state index contributed by atoms with van der Waals surface area (Å²) >= 11 is 0. The highest BCUT2D eigenvalue weighted by Gasteiger charge is 2.15. The minimum absolute atomic E-state index is 0.135. The molecule has 0 aliphatic heterocycles. The van der Waals surface area contributed by atoms with Crippen LogP contribution in [0.4, 0.5) is 5.82 Å². The number of rotatable bonds is 5. The fraction of sp³-hybridized carbons (Fsp3) is 0.0435. The molecule has 3 heterocycles. The number of benzene rings is 2. The molecule has 2 aromatic carbocycles. The van der Waals surface area contributed by atoms with E-state index >= 15 is 0 Å². The van der Waals surface area contributed by atoms with Gasteiger partial charge in [0.15, 0.2) is 0 Å². The van der Waals surface area contributed by atoms with Crippen molar-refractivity contribution in [2.24, 2.45) is 0 Å². The molecule has 0 bridgehead atoms. The monoisotopic (exact) mass is 382 g/mol. The van der Waals surface area contributed by atoms with E-state index < -0.39 is 0 Å². The van der Waals surface area contributed by atoms with Gasteiger partial charge in [0.25, 0.3) is 0 Å². The Morgan fingerprint density at radius 2 is 1.66 bits per heavy atom. The van der Waals surface area contributed by atoms with Gasteiger partial charge in [-0.3, -0.25) is 4.79 Å². The van der Waals surface area contributed by atoms with E-state index in [2.05, 4.69) is 15.0 Å². The molecule has 5 aromatic rings. The molecule has 6 nitrogen and oxygen atoms in total. The lowest BCUT2D eigenvalue weighted by atomic mass is 10.2. The number of aromatic nitrogens is 3. The lowest BCUT2D eigenvalue weighted by Gasteiger charge is -2.06. The van der Waals surface area contributed by atoms with Crippen LogP contribution in [0.1, 0.15) is 21.7 Å². The van der Waals surface area contributed by atoms with Crippen LogP contribution in [0, 0.1) is 0 Å². The largest absolute Gasteiger partial charge is 0.489 e. The second-order valence-electron chi connectivity index (χ2n) is 6.89. The van der Waals surface area contributed by atoms with Crippen molar-refractivity contribution < 1.29 is 9.53 Å². The van der Waals surface area contributed by atoms with Crippen LogP contribution in [0.2, 0.25) is 0 Å². The van der Waals surface area contributed by atoms with Gasteiger partial charge in [0.1, 0.15) is 18.2 Å². The lowest BCUT2D eigenvalue weighted by Crippen LogP contribution is -2.01. The third-order valence-electron chi connectivity index (χ3n) is 4.83. The van der Waals surface area contributed by atoms with E-state index in [1.54, 1.807) is 12.1 Å². The molecule has 5 rings (SSSR count). The van der Waals surface area contributed by atoms with Gasteiger partial charge in [0.2, 0.25) is 5.78 Å². The first kappa shape index (κ1) is 17.1. The van der Waals surface area contributed by atoms with Crippen molar-refractivity contribution >= 4 is 33.5 Å². The van der Waals surface area contributed by atoms with Gasteiger partial charge in [0.05, 0.1) is 22.4 Å². The Bertz CT molecular complexity index is 1340. The third kappa shape index (κ3) is 3.32. The molecule has 0 unspecified atom stereocenters. The van der Waals surface area contributed by atoms with Crippen molar-refractivity contribution in [3.8, 4) is 5.75 Å². The highest BCUT2D eigenvalue weighted by atomic mass is 16.5. The molecule has 0 aliphatic rings. The minimum atomic E-state index is -0.135. The normalized spacial score (nSPS) is 11.2. The molecule has 0 spiro atoms. The van der Waals surface area contributed by atoms with Gasteiger partial charge in [-0.05, 0) is 48.0 Å². The number of ketones is 1. The topological polar surface area (TPSA) is 96.8 Å². The van der Waals surface area contributed by atoms with Crippen molar-refractivity contribution in [3.63, 3.8) is 0 Å². The van der Waals surface area contributed by atoms with Crippen LogP contribution in [-0.4, -0.2) is 20.7 Å². The summed E-state index contributed by atoms with van der Waals surface area (Å²) in [6.45, 7) is 0.494. The van der Waals surface area contributed by atoms with E-state index in [-0.39, 0.29) is 5.78 Å². The van der Waals surface area contributed by atoms with Crippen LogP contribution in [0.3, 0.4) is 0 Å². The van der Waals surface area contributed by atoms with E-state index in [1.807, 2.05) is 60.7 Å². The summed E-state index contributed by atoms with van der Waals surface area (Å²) in [5.41, 5.74) is 10.1. The quantitative estimate of drug-likeness (QED) is 0.392. The van der Waals surface area contributed by atoms with Crippen LogP contribution < -0.4 is 10.5 Å². The number of H-pyrrole nitrogens is 2. The summed E-state index contributed by atoms with van der Waals surface area (Å²) in [6, 6.07) is 22.8. The Balaban J connectivity index is 1.40. The smallest absolute Gasteiger partial charge is 0.225 e. The third-order valence-corrected chi connectivity index (χ3v) is 4.83. The molecular formula is C23H18N4O2. The molecule has 0 fully saturated rings. The number of nitrogens with zero attached hydrogens (tertiary/aromatic N) is 1. The van der Waals surface area contributed by atoms with Crippen molar-refractivity contribution in [1.82, 2.24) is 15.0 Å². The van der Waals surface area contributed by atoms with Crippen molar-refractivity contribution in [2.75, 3.05) is 5.73 Å². The molecule has 0 amide bonds. The maximum absolute atomic E-state index is 12.9. The van der Waals surface area contributed by atoms with Crippen LogP contribution >= 0.6 is 0 Å². The maximum Gasteiger partial charge on any atom is 0.225 e. The molecule has 0 aliphatic carbocycles.